The Morgan fingerprint density at radius 2 is 2.38 bits per heavy atom. The Morgan fingerprint density at radius 1 is 1.62 bits per heavy atom. The van der Waals surface area contributed by atoms with E-state index in [9.17, 15) is 0 Å². The van der Waals surface area contributed by atoms with Crippen molar-refractivity contribution in [2.24, 2.45) is 0 Å². The number of hydrogen-bond acceptors (Lipinski definition) is 3. The van der Waals surface area contributed by atoms with Crippen molar-refractivity contribution in [2.45, 2.75) is 19.9 Å². The molecule has 3 nitrogen and oxygen atoms in total. The minimum atomic E-state index is 0.369. The van der Waals surface area contributed by atoms with Crippen LogP contribution in [0.1, 0.15) is 12.6 Å². The van der Waals surface area contributed by atoms with Gasteiger partial charge in [-0.3, -0.25) is 4.98 Å². The average molecular weight is 180 g/mol. The summed E-state index contributed by atoms with van der Waals surface area (Å²) in [5.41, 5.74) is 0.981. The highest BCUT2D eigenvalue weighted by molar-refractivity contribution is 5.21. The van der Waals surface area contributed by atoms with Gasteiger partial charge in [-0.2, -0.15) is 0 Å². The molecule has 0 bridgehead atoms. The molecule has 1 aromatic rings. The minimum absolute atomic E-state index is 0.369. The van der Waals surface area contributed by atoms with E-state index in [1.54, 1.807) is 6.20 Å². The molecule has 0 saturated heterocycles. The number of aryl methyl sites for hydroxylation is 1. The SMILES string of the molecule is CNC(C)COc1ccnc(C)c1. The van der Waals surface area contributed by atoms with Crippen molar-refractivity contribution in [1.82, 2.24) is 10.3 Å². The van der Waals surface area contributed by atoms with Gasteiger partial charge < -0.3 is 10.1 Å². The fourth-order valence-electron chi connectivity index (χ4n) is 0.914. The third kappa shape index (κ3) is 3.42. The van der Waals surface area contributed by atoms with Gasteiger partial charge in [0.25, 0.3) is 0 Å². The van der Waals surface area contributed by atoms with Crippen LogP contribution in [-0.2, 0) is 0 Å². The predicted octanol–water partition coefficient (Wildman–Crippen LogP) is 1.38. The highest BCUT2D eigenvalue weighted by Crippen LogP contribution is 2.09. The lowest BCUT2D eigenvalue weighted by Crippen LogP contribution is -2.28. The fraction of sp³-hybridized carbons (Fsp3) is 0.500. The summed E-state index contributed by atoms with van der Waals surface area (Å²) in [5, 5.41) is 3.11. The molecule has 1 N–H and O–H groups in total. The first-order valence-corrected chi connectivity index (χ1v) is 4.45. The number of nitrogens with one attached hydrogen (secondary N) is 1. The molecule has 1 heterocycles. The Morgan fingerprint density at radius 3 is 3.00 bits per heavy atom. The van der Waals surface area contributed by atoms with Crippen molar-refractivity contribution in [3.05, 3.63) is 24.0 Å². The van der Waals surface area contributed by atoms with Crippen LogP contribution < -0.4 is 10.1 Å². The van der Waals surface area contributed by atoms with Crippen LogP contribution in [0.25, 0.3) is 0 Å². The smallest absolute Gasteiger partial charge is 0.122 e. The van der Waals surface area contributed by atoms with Gasteiger partial charge in [0.1, 0.15) is 12.4 Å². The van der Waals surface area contributed by atoms with Crippen LogP contribution in [0.3, 0.4) is 0 Å². The zero-order valence-electron chi connectivity index (χ0n) is 8.37. The highest BCUT2D eigenvalue weighted by atomic mass is 16.5. The van der Waals surface area contributed by atoms with E-state index < -0.39 is 0 Å². The van der Waals surface area contributed by atoms with Crippen molar-refractivity contribution >= 4 is 0 Å². The number of rotatable bonds is 4. The Bertz CT molecular complexity index is 263. The summed E-state index contributed by atoms with van der Waals surface area (Å²) in [6.45, 7) is 4.71. The van der Waals surface area contributed by atoms with Crippen molar-refractivity contribution in [2.75, 3.05) is 13.7 Å². The van der Waals surface area contributed by atoms with E-state index in [0.29, 0.717) is 12.6 Å². The molecule has 1 rings (SSSR count). The molecule has 0 aromatic carbocycles. The molecule has 0 saturated carbocycles. The lowest BCUT2D eigenvalue weighted by molar-refractivity contribution is 0.279. The van der Waals surface area contributed by atoms with Crippen LogP contribution in [0.15, 0.2) is 18.3 Å². The highest BCUT2D eigenvalue weighted by Gasteiger charge is 1.99. The van der Waals surface area contributed by atoms with Crippen LogP contribution in [0.5, 0.6) is 5.75 Å². The van der Waals surface area contributed by atoms with Gasteiger partial charge in [0.2, 0.25) is 0 Å². The van der Waals surface area contributed by atoms with Gasteiger partial charge in [-0.1, -0.05) is 0 Å². The van der Waals surface area contributed by atoms with Crippen molar-refractivity contribution in [3.63, 3.8) is 0 Å². The third-order valence-electron chi connectivity index (χ3n) is 1.86. The third-order valence-corrected chi connectivity index (χ3v) is 1.86. The van der Waals surface area contributed by atoms with Crippen LogP contribution in [-0.4, -0.2) is 24.7 Å². The van der Waals surface area contributed by atoms with Crippen LogP contribution in [0.4, 0.5) is 0 Å². The topological polar surface area (TPSA) is 34.1 Å². The molecule has 1 unspecified atom stereocenters. The van der Waals surface area contributed by atoms with E-state index in [-0.39, 0.29) is 0 Å². The van der Waals surface area contributed by atoms with Crippen LogP contribution in [0.2, 0.25) is 0 Å². The second kappa shape index (κ2) is 4.82. The first kappa shape index (κ1) is 9.99. The van der Waals surface area contributed by atoms with Gasteiger partial charge in [0.05, 0.1) is 0 Å². The maximum absolute atomic E-state index is 5.54. The van der Waals surface area contributed by atoms with E-state index >= 15 is 0 Å². The molecule has 13 heavy (non-hydrogen) atoms. The molecule has 0 fully saturated rings. The van der Waals surface area contributed by atoms with E-state index in [2.05, 4.69) is 17.2 Å². The molecule has 72 valence electrons. The molecule has 0 aliphatic heterocycles. The maximum Gasteiger partial charge on any atom is 0.122 e. The first-order valence-electron chi connectivity index (χ1n) is 4.45. The summed E-state index contributed by atoms with van der Waals surface area (Å²) in [7, 11) is 1.92. The molecule has 1 aromatic heterocycles. The maximum atomic E-state index is 5.54. The lowest BCUT2D eigenvalue weighted by Gasteiger charge is -2.11. The molecule has 0 amide bonds. The molecule has 0 aliphatic carbocycles. The zero-order valence-corrected chi connectivity index (χ0v) is 8.37. The summed E-state index contributed by atoms with van der Waals surface area (Å²) < 4.78 is 5.54. The van der Waals surface area contributed by atoms with Crippen molar-refractivity contribution < 1.29 is 4.74 Å². The molecule has 3 heteroatoms. The van der Waals surface area contributed by atoms with Gasteiger partial charge in [-0.15, -0.1) is 0 Å². The van der Waals surface area contributed by atoms with E-state index in [0.717, 1.165) is 11.4 Å². The number of ether oxygens (including phenoxy) is 1. The van der Waals surface area contributed by atoms with Gasteiger partial charge in [0, 0.05) is 24.0 Å². The Labute approximate surface area is 79.1 Å². The van der Waals surface area contributed by atoms with Crippen molar-refractivity contribution in [3.8, 4) is 5.75 Å². The zero-order chi connectivity index (χ0) is 9.68. The Hall–Kier alpha value is -1.09. The molecule has 1 atom stereocenters. The van der Waals surface area contributed by atoms with E-state index in [1.165, 1.54) is 0 Å². The molecule has 0 radical (unpaired) electrons. The number of nitrogens with zero attached hydrogens (tertiary/aromatic N) is 1. The molecule has 0 aliphatic rings. The minimum Gasteiger partial charge on any atom is -0.492 e. The van der Waals surface area contributed by atoms with Gasteiger partial charge in [-0.05, 0) is 27.0 Å². The molecular weight excluding hydrogens is 164 g/mol. The van der Waals surface area contributed by atoms with Gasteiger partial charge >= 0.3 is 0 Å². The number of likely N-dealkylation sites (N-methyl/N-ethyl adjacent to an activating group) is 1. The van der Waals surface area contributed by atoms with E-state index in [1.807, 2.05) is 26.1 Å². The average Bonchev–Trinajstić information content (AvgIpc) is 2.14. The second-order valence-corrected chi connectivity index (χ2v) is 3.13. The Balaban J connectivity index is 2.45. The lowest BCUT2D eigenvalue weighted by atomic mass is 10.3. The second-order valence-electron chi connectivity index (χ2n) is 3.13. The van der Waals surface area contributed by atoms with Gasteiger partial charge in [-0.25, -0.2) is 0 Å². The van der Waals surface area contributed by atoms with Gasteiger partial charge in [0.15, 0.2) is 0 Å². The molecular formula is C10H16N2O. The van der Waals surface area contributed by atoms with E-state index in [4.69, 9.17) is 4.74 Å². The van der Waals surface area contributed by atoms with Crippen molar-refractivity contribution in [1.29, 1.82) is 0 Å². The fourth-order valence-corrected chi connectivity index (χ4v) is 0.914. The summed E-state index contributed by atoms with van der Waals surface area (Å²) in [5.74, 6) is 0.884. The largest absolute Gasteiger partial charge is 0.492 e. The number of hydrogen-bond donors (Lipinski definition) is 1. The Kier molecular flexibility index (Phi) is 3.71. The summed E-state index contributed by atoms with van der Waals surface area (Å²) in [4.78, 5) is 4.09. The summed E-state index contributed by atoms with van der Waals surface area (Å²) >= 11 is 0. The quantitative estimate of drug-likeness (QED) is 0.760. The monoisotopic (exact) mass is 180 g/mol. The number of pyridine rings is 1. The normalized spacial score (nSPS) is 12.5. The first-order chi connectivity index (χ1) is 6.22. The summed E-state index contributed by atoms with van der Waals surface area (Å²) in [6, 6.07) is 4.17. The molecule has 0 spiro atoms. The summed E-state index contributed by atoms with van der Waals surface area (Å²) in [6.07, 6.45) is 1.76. The standard InChI is InChI=1S/C10H16N2O/c1-8-6-10(4-5-12-8)13-7-9(2)11-3/h4-6,9,11H,7H2,1-3H3. The number of aromatic nitrogens is 1. The van der Waals surface area contributed by atoms with Crippen LogP contribution in [0, 0.1) is 6.92 Å². The van der Waals surface area contributed by atoms with Crippen LogP contribution >= 0.6 is 0 Å². The predicted molar refractivity (Wildman–Crippen MR) is 53.0 cm³/mol.